The second-order valence-corrected chi connectivity index (χ2v) is 5.10. The van der Waals surface area contributed by atoms with Crippen molar-refractivity contribution in [2.45, 2.75) is 26.7 Å². The molecule has 0 atom stereocenters. The Balaban J connectivity index is 2.17. The predicted octanol–water partition coefficient (Wildman–Crippen LogP) is 1.80. The number of nitrogens with one attached hydrogen (secondary N) is 2. The van der Waals surface area contributed by atoms with Gasteiger partial charge in [-0.2, -0.15) is 0 Å². The number of urea groups is 1. The zero-order valence-electron chi connectivity index (χ0n) is 14.2. The predicted molar refractivity (Wildman–Crippen MR) is 90.6 cm³/mol. The molecule has 0 radical (unpaired) electrons. The highest BCUT2D eigenvalue weighted by atomic mass is 16.5. The number of ether oxygens (including phenoxy) is 1. The molecule has 0 aliphatic heterocycles. The van der Waals surface area contributed by atoms with E-state index in [2.05, 4.69) is 10.6 Å². The van der Waals surface area contributed by atoms with Gasteiger partial charge in [0.2, 0.25) is 5.91 Å². The van der Waals surface area contributed by atoms with Gasteiger partial charge in [0, 0.05) is 32.6 Å². The number of methoxy groups -OCH3 is 1. The van der Waals surface area contributed by atoms with Crippen LogP contribution in [0.3, 0.4) is 0 Å². The molecule has 2 N–H and O–H groups in total. The number of benzene rings is 1. The van der Waals surface area contributed by atoms with Crippen LogP contribution in [0.25, 0.3) is 0 Å². The highest BCUT2D eigenvalue weighted by Crippen LogP contribution is 2.11. The molecule has 0 heterocycles. The standard InChI is InChI=1S/C17H27N3O3/c1-4-20(5-2)16(21)11-13-19-17(22)18-12-10-14-6-8-15(23-3)9-7-14/h6-9H,4-5,10-13H2,1-3H3,(H2,18,19,22). The molecule has 1 rings (SSSR count). The Morgan fingerprint density at radius 3 is 2.22 bits per heavy atom. The van der Waals surface area contributed by atoms with E-state index in [1.807, 2.05) is 38.1 Å². The summed E-state index contributed by atoms with van der Waals surface area (Å²) in [5, 5.41) is 5.49. The Morgan fingerprint density at radius 1 is 1.04 bits per heavy atom. The Labute approximate surface area is 138 Å². The number of nitrogens with zero attached hydrogens (tertiary/aromatic N) is 1. The molecule has 0 spiro atoms. The van der Waals surface area contributed by atoms with Gasteiger partial charge < -0.3 is 20.3 Å². The average Bonchev–Trinajstić information content (AvgIpc) is 2.56. The minimum absolute atomic E-state index is 0.0635. The maximum absolute atomic E-state index is 11.8. The molecule has 6 nitrogen and oxygen atoms in total. The van der Waals surface area contributed by atoms with E-state index in [1.165, 1.54) is 0 Å². The molecule has 0 aliphatic rings. The van der Waals surface area contributed by atoms with Crippen LogP contribution in [0.1, 0.15) is 25.8 Å². The zero-order valence-corrected chi connectivity index (χ0v) is 14.2. The number of hydrogen-bond acceptors (Lipinski definition) is 3. The minimum atomic E-state index is -0.245. The van der Waals surface area contributed by atoms with E-state index in [1.54, 1.807) is 12.0 Å². The summed E-state index contributed by atoms with van der Waals surface area (Å²) in [5.41, 5.74) is 1.13. The van der Waals surface area contributed by atoms with Crippen LogP contribution >= 0.6 is 0 Å². The Kier molecular flexibility index (Phi) is 8.57. The van der Waals surface area contributed by atoms with Gasteiger partial charge in [0.1, 0.15) is 5.75 Å². The van der Waals surface area contributed by atoms with E-state index in [4.69, 9.17) is 4.74 Å². The number of amides is 3. The van der Waals surface area contributed by atoms with Crippen molar-refractivity contribution in [3.63, 3.8) is 0 Å². The fourth-order valence-corrected chi connectivity index (χ4v) is 2.19. The molecule has 0 aromatic heterocycles. The molecule has 3 amide bonds. The van der Waals surface area contributed by atoms with E-state index in [0.717, 1.165) is 17.7 Å². The summed E-state index contributed by atoms with van der Waals surface area (Å²) < 4.78 is 5.10. The lowest BCUT2D eigenvalue weighted by molar-refractivity contribution is -0.130. The summed E-state index contributed by atoms with van der Waals surface area (Å²) in [6, 6.07) is 7.50. The summed E-state index contributed by atoms with van der Waals surface area (Å²) in [6.07, 6.45) is 1.07. The molecule has 0 bridgehead atoms. The van der Waals surface area contributed by atoms with Crippen molar-refractivity contribution in [3.05, 3.63) is 29.8 Å². The normalized spacial score (nSPS) is 10.0. The van der Waals surface area contributed by atoms with Crippen LogP contribution in [-0.4, -0.2) is 50.1 Å². The van der Waals surface area contributed by atoms with Crippen LogP contribution in [0.2, 0.25) is 0 Å². The average molecular weight is 321 g/mol. The van der Waals surface area contributed by atoms with Crippen LogP contribution in [0.4, 0.5) is 4.79 Å². The fraction of sp³-hybridized carbons (Fsp3) is 0.529. The van der Waals surface area contributed by atoms with Crippen molar-refractivity contribution >= 4 is 11.9 Å². The largest absolute Gasteiger partial charge is 0.497 e. The van der Waals surface area contributed by atoms with Gasteiger partial charge in [0.25, 0.3) is 0 Å². The molecule has 1 aromatic carbocycles. The number of carbonyl (C=O) groups is 2. The molecule has 0 saturated carbocycles. The van der Waals surface area contributed by atoms with Crippen molar-refractivity contribution in [3.8, 4) is 5.75 Å². The van der Waals surface area contributed by atoms with Gasteiger partial charge in [0.15, 0.2) is 0 Å². The second kappa shape index (κ2) is 10.5. The summed E-state index contributed by atoms with van der Waals surface area (Å²) in [7, 11) is 1.63. The fourth-order valence-electron chi connectivity index (χ4n) is 2.19. The quantitative estimate of drug-likeness (QED) is 0.728. The van der Waals surface area contributed by atoms with E-state index in [0.29, 0.717) is 32.6 Å². The van der Waals surface area contributed by atoms with Crippen molar-refractivity contribution in [2.24, 2.45) is 0 Å². The first kappa shape index (κ1) is 18.8. The third kappa shape index (κ3) is 7.04. The van der Waals surface area contributed by atoms with Crippen LogP contribution in [0.15, 0.2) is 24.3 Å². The van der Waals surface area contributed by atoms with Crippen molar-refractivity contribution < 1.29 is 14.3 Å². The molecule has 1 aromatic rings. The maximum Gasteiger partial charge on any atom is 0.314 e. The van der Waals surface area contributed by atoms with E-state index >= 15 is 0 Å². The van der Waals surface area contributed by atoms with E-state index in [9.17, 15) is 9.59 Å². The second-order valence-electron chi connectivity index (χ2n) is 5.10. The van der Waals surface area contributed by atoms with Gasteiger partial charge >= 0.3 is 6.03 Å². The minimum Gasteiger partial charge on any atom is -0.497 e. The topological polar surface area (TPSA) is 70.7 Å². The molecule has 128 valence electrons. The van der Waals surface area contributed by atoms with Gasteiger partial charge in [-0.15, -0.1) is 0 Å². The van der Waals surface area contributed by atoms with Gasteiger partial charge in [-0.3, -0.25) is 4.79 Å². The van der Waals surface area contributed by atoms with Crippen LogP contribution in [0.5, 0.6) is 5.75 Å². The number of hydrogen-bond donors (Lipinski definition) is 2. The molecule has 6 heteroatoms. The third-order valence-corrected chi connectivity index (χ3v) is 3.60. The van der Waals surface area contributed by atoms with Crippen LogP contribution in [-0.2, 0) is 11.2 Å². The lowest BCUT2D eigenvalue weighted by Gasteiger charge is -2.18. The van der Waals surface area contributed by atoms with E-state index in [-0.39, 0.29) is 11.9 Å². The molecule has 0 unspecified atom stereocenters. The lowest BCUT2D eigenvalue weighted by atomic mass is 10.1. The highest BCUT2D eigenvalue weighted by molar-refractivity contribution is 5.78. The number of rotatable bonds is 9. The zero-order chi connectivity index (χ0) is 17.1. The summed E-state index contributed by atoms with van der Waals surface area (Å²) in [6.45, 7) is 6.18. The number of carbonyl (C=O) groups excluding carboxylic acids is 2. The molecule has 23 heavy (non-hydrogen) atoms. The Morgan fingerprint density at radius 2 is 1.65 bits per heavy atom. The smallest absolute Gasteiger partial charge is 0.314 e. The SMILES string of the molecule is CCN(CC)C(=O)CCNC(=O)NCCc1ccc(OC)cc1. The lowest BCUT2D eigenvalue weighted by Crippen LogP contribution is -2.39. The van der Waals surface area contributed by atoms with Crippen molar-refractivity contribution in [1.82, 2.24) is 15.5 Å². The Hall–Kier alpha value is -2.24. The summed E-state index contributed by atoms with van der Waals surface area (Å²) in [4.78, 5) is 25.2. The molecular formula is C17H27N3O3. The van der Waals surface area contributed by atoms with Crippen molar-refractivity contribution in [1.29, 1.82) is 0 Å². The summed E-state index contributed by atoms with van der Waals surface area (Å²) >= 11 is 0. The Bertz CT molecular complexity index is 484. The van der Waals surface area contributed by atoms with Gasteiger partial charge in [-0.05, 0) is 38.0 Å². The molecule has 0 aliphatic carbocycles. The van der Waals surface area contributed by atoms with Gasteiger partial charge in [-0.25, -0.2) is 4.79 Å². The molecule has 0 fully saturated rings. The summed E-state index contributed by atoms with van der Waals surface area (Å²) in [5.74, 6) is 0.880. The highest BCUT2D eigenvalue weighted by Gasteiger charge is 2.09. The first-order valence-electron chi connectivity index (χ1n) is 8.03. The monoisotopic (exact) mass is 321 g/mol. The molecular weight excluding hydrogens is 294 g/mol. The van der Waals surface area contributed by atoms with Crippen LogP contribution in [0, 0.1) is 0 Å². The maximum atomic E-state index is 11.8. The van der Waals surface area contributed by atoms with Crippen molar-refractivity contribution in [2.75, 3.05) is 33.3 Å². The molecule has 0 saturated heterocycles. The first-order chi connectivity index (χ1) is 11.1. The van der Waals surface area contributed by atoms with Gasteiger partial charge in [0.05, 0.1) is 7.11 Å². The third-order valence-electron chi connectivity index (χ3n) is 3.60. The van der Waals surface area contributed by atoms with Crippen LogP contribution < -0.4 is 15.4 Å². The van der Waals surface area contributed by atoms with Gasteiger partial charge in [-0.1, -0.05) is 12.1 Å². The van der Waals surface area contributed by atoms with E-state index < -0.39 is 0 Å². The first-order valence-corrected chi connectivity index (χ1v) is 8.03.